The fourth-order valence-corrected chi connectivity index (χ4v) is 1.51. The van der Waals surface area contributed by atoms with Crippen molar-refractivity contribution in [2.45, 2.75) is 6.04 Å². The zero-order valence-electron chi connectivity index (χ0n) is 9.61. The standard InChI is InChI=1S/C11H16N2O3/c1-13-10(11(12)14)7-4-5-8(15-2)9(6-7)16-3/h4-6,10,13H,1-3H3,(H2,12,14). The molecule has 0 aromatic heterocycles. The summed E-state index contributed by atoms with van der Waals surface area (Å²) in [7, 11) is 4.77. The Balaban J connectivity index is 3.11. The van der Waals surface area contributed by atoms with Crippen LogP contribution in [0.2, 0.25) is 0 Å². The molecule has 1 rings (SSSR count). The minimum Gasteiger partial charge on any atom is -0.493 e. The van der Waals surface area contributed by atoms with E-state index in [0.717, 1.165) is 5.56 Å². The van der Waals surface area contributed by atoms with E-state index in [9.17, 15) is 4.79 Å². The molecule has 0 heterocycles. The summed E-state index contributed by atoms with van der Waals surface area (Å²) in [5.41, 5.74) is 6.01. The molecule has 0 saturated heterocycles. The Morgan fingerprint density at radius 3 is 2.38 bits per heavy atom. The maximum Gasteiger partial charge on any atom is 0.239 e. The van der Waals surface area contributed by atoms with E-state index < -0.39 is 11.9 Å². The minimum atomic E-state index is -0.528. The molecule has 1 unspecified atom stereocenters. The van der Waals surface area contributed by atoms with Gasteiger partial charge in [-0.3, -0.25) is 4.79 Å². The molecule has 0 radical (unpaired) electrons. The van der Waals surface area contributed by atoms with Crippen molar-refractivity contribution < 1.29 is 14.3 Å². The molecule has 0 spiro atoms. The summed E-state index contributed by atoms with van der Waals surface area (Å²) in [5, 5.41) is 2.84. The van der Waals surface area contributed by atoms with E-state index in [0.29, 0.717) is 11.5 Å². The summed E-state index contributed by atoms with van der Waals surface area (Å²) in [6.07, 6.45) is 0. The molecule has 3 N–H and O–H groups in total. The number of nitrogens with one attached hydrogen (secondary N) is 1. The molecule has 88 valence electrons. The third-order valence-corrected chi connectivity index (χ3v) is 2.31. The van der Waals surface area contributed by atoms with Crippen molar-refractivity contribution in [2.24, 2.45) is 5.73 Å². The third-order valence-electron chi connectivity index (χ3n) is 2.31. The Morgan fingerprint density at radius 1 is 1.31 bits per heavy atom. The lowest BCUT2D eigenvalue weighted by molar-refractivity contribution is -0.120. The predicted octanol–water partition coefficient (Wildman–Crippen LogP) is 0.450. The van der Waals surface area contributed by atoms with E-state index >= 15 is 0 Å². The van der Waals surface area contributed by atoms with E-state index in [4.69, 9.17) is 15.2 Å². The van der Waals surface area contributed by atoms with E-state index in [2.05, 4.69) is 5.32 Å². The van der Waals surface area contributed by atoms with E-state index in [-0.39, 0.29) is 0 Å². The topological polar surface area (TPSA) is 73.6 Å². The number of carbonyl (C=O) groups excluding carboxylic acids is 1. The molecule has 5 heteroatoms. The molecule has 1 atom stereocenters. The Morgan fingerprint density at radius 2 is 1.94 bits per heavy atom. The van der Waals surface area contributed by atoms with Crippen molar-refractivity contribution in [3.8, 4) is 11.5 Å². The molecular formula is C11H16N2O3. The molecule has 1 aromatic rings. The second-order valence-corrected chi connectivity index (χ2v) is 3.24. The Hall–Kier alpha value is -1.75. The number of nitrogens with two attached hydrogens (primary N) is 1. The fourth-order valence-electron chi connectivity index (χ4n) is 1.51. The number of carbonyl (C=O) groups is 1. The first-order valence-corrected chi connectivity index (χ1v) is 4.82. The van der Waals surface area contributed by atoms with Gasteiger partial charge in [-0.05, 0) is 24.7 Å². The van der Waals surface area contributed by atoms with Gasteiger partial charge in [0.05, 0.1) is 14.2 Å². The number of benzene rings is 1. The monoisotopic (exact) mass is 224 g/mol. The maximum atomic E-state index is 11.2. The van der Waals surface area contributed by atoms with Crippen LogP contribution in [0.1, 0.15) is 11.6 Å². The highest BCUT2D eigenvalue weighted by atomic mass is 16.5. The van der Waals surface area contributed by atoms with Gasteiger partial charge in [0.2, 0.25) is 5.91 Å². The number of hydrogen-bond donors (Lipinski definition) is 2. The van der Waals surface area contributed by atoms with Gasteiger partial charge < -0.3 is 20.5 Å². The van der Waals surface area contributed by atoms with Crippen LogP contribution in [0.25, 0.3) is 0 Å². The second-order valence-electron chi connectivity index (χ2n) is 3.24. The van der Waals surface area contributed by atoms with Crippen LogP contribution < -0.4 is 20.5 Å². The van der Waals surface area contributed by atoms with Crippen LogP contribution in [0.5, 0.6) is 11.5 Å². The van der Waals surface area contributed by atoms with Gasteiger partial charge in [-0.1, -0.05) is 6.07 Å². The molecule has 1 aromatic carbocycles. The van der Waals surface area contributed by atoms with Crippen molar-refractivity contribution in [3.05, 3.63) is 23.8 Å². The van der Waals surface area contributed by atoms with Gasteiger partial charge >= 0.3 is 0 Å². The van der Waals surface area contributed by atoms with Gasteiger partial charge in [-0.15, -0.1) is 0 Å². The largest absolute Gasteiger partial charge is 0.493 e. The molecule has 5 nitrogen and oxygen atoms in total. The smallest absolute Gasteiger partial charge is 0.239 e. The SMILES string of the molecule is CNC(C(N)=O)c1ccc(OC)c(OC)c1. The van der Waals surface area contributed by atoms with Crippen molar-refractivity contribution in [3.63, 3.8) is 0 Å². The highest BCUT2D eigenvalue weighted by Gasteiger charge is 2.17. The Labute approximate surface area is 94.5 Å². The van der Waals surface area contributed by atoms with Crippen molar-refractivity contribution in [1.82, 2.24) is 5.32 Å². The Bertz CT molecular complexity index is 379. The van der Waals surface area contributed by atoms with Gasteiger partial charge in [0.1, 0.15) is 6.04 Å². The van der Waals surface area contributed by atoms with Gasteiger partial charge in [-0.2, -0.15) is 0 Å². The molecule has 0 fully saturated rings. The fraction of sp³-hybridized carbons (Fsp3) is 0.364. The number of hydrogen-bond acceptors (Lipinski definition) is 4. The van der Waals surface area contributed by atoms with E-state index in [1.54, 1.807) is 39.5 Å². The predicted molar refractivity (Wildman–Crippen MR) is 60.5 cm³/mol. The maximum absolute atomic E-state index is 11.2. The Kier molecular flexibility index (Phi) is 4.13. The summed E-state index contributed by atoms with van der Waals surface area (Å²) in [5.74, 6) is 0.752. The molecule has 0 aliphatic rings. The number of rotatable bonds is 5. The highest BCUT2D eigenvalue weighted by Crippen LogP contribution is 2.29. The summed E-state index contributed by atoms with van der Waals surface area (Å²) in [4.78, 5) is 11.2. The average molecular weight is 224 g/mol. The summed E-state index contributed by atoms with van der Waals surface area (Å²) >= 11 is 0. The molecule has 0 bridgehead atoms. The first-order valence-electron chi connectivity index (χ1n) is 4.82. The van der Waals surface area contributed by atoms with Crippen LogP contribution in [0, 0.1) is 0 Å². The molecular weight excluding hydrogens is 208 g/mol. The molecule has 16 heavy (non-hydrogen) atoms. The van der Waals surface area contributed by atoms with Crippen LogP contribution in [0.15, 0.2) is 18.2 Å². The van der Waals surface area contributed by atoms with Gasteiger partial charge in [0.15, 0.2) is 11.5 Å². The lowest BCUT2D eigenvalue weighted by Gasteiger charge is -2.15. The molecule has 0 aliphatic heterocycles. The normalized spacial score (nSPS) is 11.9. The summed E-state index contributed by atoms with van der Waals surface area (Å²) in [6, 6.07) is 4.71. The molecule has 1 amide bonds. The minimum absolute atomic E-state index is 0.435. The van der Waals surface area contributed by atoms with Gasteiger partial charge in [0, 0.05) is 0 Å². The zero-order chi connectivity index (χ0) is 12.1. The second kappa shape index (κ2) is 5.37. The lowest BCUT2D eigenvalue weighted by Crippen LogP contribution is -2.31. The first kappa shape index (κ1) is 12.3. The van der Waals surface area contributed by atoms with Crippen molar-refractivity contribution in [2.75, 3.05) is 21.3 Å². The average Bonchev–Trinajstić information content (AvgIpc) is 2.29. The number of primary amides is 1. The number of amides is 1. The van der Waals surface area contributed by atoms with Crippen LogP contribution in [0.3, 0.4) is 0 Å². The van der Waals surface area contributed by atoms with Gasteiger partial charge in [0.25, 0.3) is 0 Å². The molecule has 0 aliphatic carbocycles. The van der Waals surface area contributed by atoms with Crippen LogP contribution in [0.4, 0.5) is 0 Å². The van der Waals surface area contributed by atoms with Crippen molar-refractivity contribution in [1.29, 1.82) is 0 Å². The summed E-state index contributed by atoms with van der Waals surface area (Å²) < 4.78 is 10.2. The van der Waals surface area contributed by atoms with Crippen molar-refractivity contribution >= 4 is 5.91 Å². The highest BCUT2D eigenvalue weighted by molar-refractivity contribution is 5.81. The lowest BCUT2D eigenvalue weighted by atomic mass is 10.1. The number of likely N-dealkylation sites (N-methyl/N-ethyl adjacent to an activating group) is 1. The van der Waals surface area contributed by atoms with Gasteiger partial charge in [-0.25, -0.2) is 0 Å². The van der Waals surface area contributed by atoms with Crippen LogP contribution >= 0.6 is 0 Å². The summed E-state index contributed by atoms with van der Waals surface area (Å²) in [6.45, 7) is 0. The third kappa shape index (κ3) is 2.43. The van der Waals surface area contributed by atoms with E-state index in [1.807, 2.05) is 0 Å². The van der Waals surface area contributed by atoms with Crippen LogP contribution in [-0.4, -0.2) is 27.2 Å². The van der Waals surface area contributed by atoms with Crippen LogP contribution in [-0.2, 0) is 4.79 Å². The zero-order valence-corrected chi connectivity index (χ0v) is 9.61. The quantitative estimate of drug-likeness (QED) is 0.761. The molecule has 0 saturated carbocycles. The number of methoxy groups -OCH3 is 2. The number of ether oxygens (including phenoxy) is 2. The first-order chi connectivity index (χ1) is 7.63. The van der Waals surface area contributed by atoms with E-state index in [1.165, 1.54) is 0 Å².